The number of amides is 1. The van der Waals surface area contributed by atoms with Crippen LogP contribution in [0.25, 0.3) is 0 Å². The van der Waals surface area contributed by atoms with Gasteiger partial charge in [-0.1, -0.05) is 30.3 Å². The molecule has 1 heterocycles. The minimum atomic E-state index is -3.29. The number of hydrogen-bond donors (Lipinski definition) is 1. The number of ether oxygens (including phenoxy) is 3. The number of nitrogens with zero attached hydrogens (tertiary/aromatic N) is 1. The average Bonchev–Trinajstić information content (AvgIpc) is 3.30. The molecule has 1 fully saturated rings. The molecule has 1 N–H and O–H groups in total. The van der Waals surface area contributed by atoms with E-state index in [4.69, 9.17) is 14.2 Å². The molecule has 1 amide bonds. The fourth-order valence-electron chi connectivity index (χ4n) is 4.66. The summed E-state index contributed by atoms with van der Waals surface area (Å²) in [5, 5.41) is 3.34. The van der Waals surface area contributed by atoms with E-state index < -0.39 is 9.84 Å². The summed E-state index contributed by atoms with van der Waals surface area (Å²) < 4.78 is 42.3. The van der Waals surface area contributed by atoms with Crippen LogP contribution >= 0.6 is 0 Å². The van der Waals surface area contributed by atoms with Crippen LogP contribution in [0.2, 0.25) is 0 Å². The van der Waals surface area contributed by atoms with Crippen molar-refractivity contribution in [3.63, 3.8) is 0 Å². The summed E-state index contributed by atoms with van der Waals surface area (Å²) in [7, 11) is -0.0785. The molecule has 0 saturated carbocycles. The Hall–Kier alpha value is -2.62. The highest BCUT2D eigenvalue weighted by Crippen LogP contribution is 2.30. The van der Waals surface area contributed by atoms with Crippen molar-refractivity contribution in [2.24, 2.45) is 11.8 Å². The fourth-order valence-corrected chi connectivity index (χ4v) is 6.52. The summed E-state index contributed by atoms with van der Waals surface area (Å²) in [6.45, 7) is 6.77. The zero-order valence-corrected chi connectivity index (χ0v) is 23.1. The Labute approximate surface area is 221 Å². The van der Waals surface area contributed by atoms with Crippen LogP contribution in [-0.4, -0.2) is 78.1 Å². The Bertz CT molecular complexity index is 1110. The first-order valence-electron chi connectivity index (χ1n) is 12.8. The maximum Gasteiger partial charge on any atom is 0.254 e. The molecule has 204 valence electrons. The molecule has 0 aliphatic carbocycles. The van der Waals surface area contributed by atoms with Gasteiger partial charge in [0.05, 0.1) is 25.2 Å². The van der Waals surface area contributed by atoms with Gasteiger partial charge >= 0.3 is 0 Å². The van der Waals surface area contributed by atoms with E-state index in [0.29, 0.717) is 49.9 Å². The van der Waals surface area contributed by atoms with Crippen molar-refractivity contribution in [3.05, 3.63) is 59.7 Å². The molecule has 1 aliphatic rings. The minimum Gasteiger partial charge on any atom is -0.493 e. The molecule has 3 rings (SSSR count). The number of carbonyl (C=O) groups excluding carboxylic acids is 1. The predicted octanol–water partition coefficient (Wildman–Crippen LogP) is 3.41. The predicted molar refractivity (Wildman–Crippen MR) is 145 cm³/mol. The second-order valence-corrected chi connectivity index (χ2v) is 11.9. The van der Waals surface area contributed by atoms with Gasteiger partial charge < -0.3 is 24.4 Å². The summed E-state index contributed by atoms with van der Waals surface area (Å²) >= 11 is 0. The monoisotopic (exact) mass is 532 g/mol. The lowest BCUT2D eigenvalue weighted by molar-refractivity contribution is 0.0665. The maximum atomic E-state index is 13.6. The highest BCUT2D eigenvalue weighted by atomic mass is 32.2. The third-order valence-electron chi connectivity index (χ3n) is 6.65. The highest BCUT2D eigenvalue weighted by molar-refractivity contribution is 7.90. The van der Waals surface area contributed by atoms with E-state index in [-0.39, 0.29) is 35.3 Å². The Morgan fingerprint density at radius 3 is 2.43 bits per heavy atom. The van der Waals surface area contributed by atoms with Gasteiger partial charge in [0.1, 0.15) is 0 Å². The molecule has 0 aromatic heterocycles. The topological polar surface area (TPSA) is 94.2 Å². The lowest BCUT2D eigenvalue weighted by Gasteiger charge is -2.31. The summed E-state index contributed by atoms with van der Waals surface area (Å²) in [4.78, 5) is 15.4. The molecule has 9 heteroatoms. The summed E-state index contributed by atoms with van der Waals surface area (Å²) in [5.41, 5.74) is 1.30. The van der Waals surface area contributed by atoms with Crippen molar-refractivity contribution in [2.75, 3.05) is 52.8 Å². The van der Waals surface area contributed by atoms with Crippen LogP contribution in [0.3, 0.4) is 0 Å². The van der Waals surface area contributed by atoms with Crippen molar-refractivity contribution in [2.45, 2.75) is 32.1 Å². The molecule has 8 nitrogen and oxygen atoms in total. The molecule has 1 saturated heterocycles. The molecule has 1 aliphatic heterocycles. The molecule has 2 aromatic carbocycles. The number of carbonyl (C=O) groups is 1. The summed E-state index contributed by atoms with van der Waals surface area (Å²) in [6.07, 6.45) is 0.721. The number of nitrogens with one attached hydrogen (secondary N) is 1. The molecule has 0 bridgehead atoms. The first-order chi connectivity index (χ1) is 17.7. The van der Waals surface area contributed by atoms with E-state index in [1.807, 2.05) is 49.1 Å². The first kappa shape index (κ1) is 28.9. The van der Waals surface area contributed by atoms with Crippen molar-refractivity contribution < 1.29 is 27.4 Å². The van der Waals surface area contributed by atoms with E-state index in [9.17, 15) is 13.2 Å². The number of sulfone groups is 1. The SMILES string of the molecule is COCCCOc1cc(C(=O)N(C[C@@H]2CNC[C@H]2CS(=O)(=O)Cc2ccccc2)C(C)C)ccc1OC. The number of hydrogen-bond acceptors (Lipinski definition) is 7. The number of rotatable bonds is 14. The van der Waals surface area contributed by atoms with Crippen molar-refractivity contribution in [1.82, 2.24) is 10.2 Å². The van der Waals surface area contributed by atoms with E-state index >= 15 is 0 Å². The van der Waals surface area contributed by atoms with Gasteiger partial charge in [-0.3, -0.25) is 4.79 Å². The van der Waals surface area contributed by atoms with Crippen LogP contribution in [0, 0.1) is 11.8 Å². The van der Waals surface area contributed by atoms with Gasteiger partial charge in [-0.25, -0.2) is 8.42 Å². The van der Waals surface area contributed by atoms with Crippen LogP contribution in [0.1, 0.15) is 36.2 Å². The maximum absolute atomic E-state index is 13.6. The lowest BCUT2D eigenvalue weighted by Crippen LogP contribution is -2.42. The van der Waals surface area contributed by atoms with E-state index in [1.165, 1.54) is 0 Å². The molecular weight excluding hydrogens is 492 g/mol. The second kappa shape index (κ2) is 13.8. The summed E-state index contributed by atoms with van der Waals surface area (Å²) in [5.74, 6) is 1.08. The average molecular weight is 533 g/mol. The standard InChI is InChI=1S/C28H40N2O6S/c1-21(2)30(28(31)23-11-12-26(35-4)27(15-23)36-14-8-13-34-3)18-24-16-29-17-25(24)20-37(32,33)19-22-9-6-5-7-10-22/h5-7,9-12,15,21,24-25,29H,8,13-14,16-20H2,1-4H3/t24-,25-/m0/s1. The first-order valence-corrected chi connectivity index (χ1v) is 14.6. The molecular formula is C28H40N2O6S. The Morgan fingerprint density at radius 1 is 1.03 bits per heavy atom. The van der Waals surface area contributed by atoms with Crippen LogP contribution < -0.4 is 14.8 Å². The van der Waals surface area contributed by atoms with E-state index in [1.54, 1.807) is 32.4 Å². The van der Waals surface area contributed by atoms with Crippen molar-refractivity contribution >= 4 is 15.7 Å². The lowest BCUT2D eigenvalue weighted by atomic mass is 9.96. The Morgan fingerprint density at radius 2 is 1.76 bits per heavy atom. The zero-order valence-electron chi connectivity index (χ0n) is 22.3. The van der Waals surface area contributed by atoms with Crippen molar-refractivity contribution in [1.29, 1.82) is 0 Å². The van der Waals surface area contributed by atoms with Gasteiger partial charge in [0, 0.05) is 44.8 Å². The highest BCUT2D eigenvalue weighted by Gasteiger charge is 2.34. The number of benzene rings is 2. The minimum absolute atomic E-state index is 0.0306. The van der Waals surface area contributed by atoms with Crippen LogP contribution in [0.5, 0.6) is 11.5 Å². The normalized spacial score (nSPS) is 17.6. The van der Waals surface area contributed by atoms with Gasteiger partial charge in [-0.2, -0.15) is 0 Å². The quantitative estimate of drug-likeness (QED) is 0.373. The van der Waals surface area contributed by atoms with Crippen LogP contribution in [0.15, 0.2) is 48.5 Å². The third-order valence-corrected chi connectivity index (χ3v) is 8.36. The molecule has 37 heavy (non-hydrogen) atoms. The zero-order chi connectivity index (χ0) is 26.8. The van der Waals surface area contributed by atoms with Gasteiger partial charge in [0.15, 0.2) is 21.3 Å². The third kappa shape index (κ3) is 8.45. The van der Waals surface area contributed by atoms with Crippen LogP contribution in [0.4, 0.5) is 0 Å². The Kier molecular flexibility index (Phi) is 10.8. The second-order valence-electron chi connectivity index (χ2n) is 9.83. The molecule has 2 atom stereocenters. The number of methoxy groups -OCH3 is 2. The van der Waals surface area contributed by atoms with Crippen molar-refractivity contribution in [3.8, 4) is 11.5 Å². The van der Waals surface area contributed by atoms with Gasteiger partial charge in [-0.15, -0.1) is 0 Å². The molecule has 0 spiro atoms. The van der Waals surface area contributed by atoms with E-state index in [0.717, 1.165) is 12.0 Å². The van der Waals surface area contributed by atoms with Gasteiger partial charge in [-0.05, 0) is 56.0 Å². The molecule has 0 radical (unpaired) electrons. The fraction of sp³-hybridized carbons (Fsp3) is 0.536. The largest absolute Gasteiger partial charge is 0.493 e. The molecule has 2 aromatic rings. The summed E-state index contributed by atoms with van der Waals surface area (Å²) in [6, 6.07) is 14.4. The van der Waals surface area contributed by atoms with Gasteiger partial charge in [0.2, 0.25) is 0 Å². The molecule has 0 unspecified atom stereocenters. The smallest absolute Gasteiger partial charge is 0.254 e. The van der Waals surface area contributed by atoms with Crippen LogP contribution in [-0.2, 0) is 20.3 Å². The van der Waals surface area contributed by atoms with E-state index in [2.05, 4.69) is 5.32 Å². The van der Waals surface area contributed by atoms with Gasteiger partial charge in [0.25, 0.3) is 5.91 Å². The Balaban J connectivity index is 1.70.